The van der Waals surface area contributed by atoms with Gasteiger partial charge in [-0.25, -0.2) is 0 Å². The van der Waals surface area contributed by atoms with Gasteiger partial charge >= 0.3 is 0 Å². The highest BCUT2D eigenvalue weighted by molar-refractivity contribution is 5.91. The molecule has 1 amide bonds. The molecule has 0 fully saturated rings. The van der Waals surface area contributed by atoms with Crippen LogP contribution in [0.2, 0.25) is 0 Å². The molecule has 1 aromatic rings. The number of primary amides is 1. The summed E-state index contributed by atoms with van der Waals surface area (Å²) < 4.78 is 5.03. The van der Waals surface area contributed by atoms with Gasteiger partial charge in [0.25, 0.3) is 5.91 Å². The first-order valence-electron chi connectivity index (χ1n) is 4.96. The van der Waals surface area contributed by atoms with Crippen LogP contribution in [0.5, 0.6) is 5.75 Å². The summed E-state index contributed by atoms with van der Waals surface area (Å²) >= 11 is 0. The highest BCUT2D eigenvalue weighted by Crippen LogP contribution is 2.11. The van der Waals surface area contributed by atoms with Crippen molar-refractivity contribution in [1.82, 2.24) is 5.32 Å². The molecule has 0 unspecified atom stereocenters. The zero-order valence-corrected chi connectivity index (χ0v) is 9.57. The van der Waals surface area contributed by atoms with Crippen LogP contribution in [0.1, 0.15) is 5.56 Å². The van der Waals surface area contributed by atoms with Crippen LogP contribution in [0.3, 0.4) is 0 Å². The number of nitrogens with one attached hydrogen (secondary N) is 1. The van der Waals surface area contributed by atoms with E-state index in [2.05, 4.69) is 5.32 Å². The second-order valence-electron chi connectivity index (χ2n) is 3.39. The quantitative estimate of drug-likeness (QED) is 0.507. The van der Waals surface area contributed by atoms with Gasteiger partial charge in [-0.2, -0.15) is 0 Å². The van der Waals surface area contributed by atoms with E-state index in [0.29, 0.717) is 6.54 Å². The minimum absolute atomic E-state index is 0.0771. The molecule has 0 aromatic heterocycles. The number of methoxy groups -OCH3 is 1. The number of rotatable bonds is 5. The second kappa shape index (κ2) is 5.64. The largest absolute Gasteiger partial charge is 0.497 e. The fourth-order valence-corrected chi connectivity index (χ4v) is 1.17. The van der Waals surface area contributed by atoms with E-state index in [1.54, 1.807) is 7.11 Å². The fourth-order valence-electron chi connectivity index (χ4n) is 1.17. The molecule has 0 aliphatic rings. The number of benzene rings is 1. The molecule has 6 nitrogen and oxygen atoms in total. The zero-order chi connectivity index (χ0) is 12.8. The lowest BCUT2D eigenvalue weighted by atomic mass is 10.2. The van der Waals surface area contributed by atoms with Crippen molar-refractivity contribution in [3.05, 3.63) is 41.3 Å². The first-order chi connectivity index (χ1) is 8.04. The van der Waals surface area contributed by atoms with Crippen LogP contribution in [-0.2, 0) is 11.3 Å². The number of nitrogens with two attached hydrogens (primary N) is 3. The Morgan fingerprint density at radius 3 is 2.29 bits per heavy atom. The lowest BCUT2D eigenvalue weighted by Gasteiger charge is -2.09. The van der Waals surface area contributed by atoms with Crippen molar-refractivity contribution < 1.29 is 9.53 Å². The monoisotopic (exact) mass is 236 g/mol. The SMILES string of the molecule is COc1ccc(CN/C(N)=C(\N)C(N)=O)cc1. The Bertz CT molecular complexity index is 426. The second-order valence-corrected chi connectivity index (χ2v) is 3.39. The maximum atomic E-state index is 10.7. The van der Waals surface area contributed by atoms with Crippen molar-refractivity contribution in [3.63, 3.8) is 0 Å². The van der Waals surface area contributed by atoms with E-state index in [9.17, 15) is 4.79 Å². The summed E-state index contributed by atoms with van der Waals surface area (Å²) in [5.41, 5.74) is 16.7. The summed E-state index contributed by atoms with van der Waals surface area (Å²) in [5.74, 6) is 0.104. The standard InChI is InChI=1S/C11H16N4O2/c1-17-8-4-2-7(3-5-8)6-15-10(13)9(12)11(14)16/h2-5,15H,6,12-13H2,1H3,(H2,14,16)/b10-9-. The number of ether oxygens (including phenoxy) is 1. The van der Waals surface area contributed by atoms with Gasteiger partial charge in [0.1, 0.15) is 17.3 Å². The summed E-state index contributed by atoms with van der Waals surface area (Å²) in [4.78, 5) is 10.7. The van der Waals surface area contributed by atoms with E-state index >= 15 is 0 Å². The third kappa shape index (κ3) is 3.60. The summed E-state index contributed by atoms with van der Waals surface area (Å²) in [6.45, 7) is 0.448. The van der Waals surface area contributed by atoms with Crippen LogP contribution >= 0.6 is 0 Å². The molecule has 0 aliphatic carbocycles. The fraction of sp³-hybridized carbons (Fsp3) is 0.182. The number of carbonyl (C=O) groups is 1. The van der Waals surface area contributed by atoms with Crippen LogP contribution in [0.25, 0.3) is 0 Å². The van der Waals surface area contributed by atoms with E-state index in [-0.39, 0.29) is 11.5 Å². The van der Waals surface area contributed by atoms with E-state index in [1.165, 1.54) is 0 Å². The predicted octanol–water partition coefficient (Wildman–Crippen LogP) is -0.643. The minimum Gasteiger partial charge on any atom is -0.497 e. The lowest BCUT2D eigenvalue weighted by Crippen LogP contribution is -2.31. The molecule has 0 aliphatic heterocycles. The van der Waals surface area contributed by atoms with Crippen molar-refractivity contribution in [2.45, 2.75) is 6.54 Å². The average molecular weight is 236 g/mol. The van der Waals surface area contributed by atoms with Crippen LogP contribution in [0.15, 0.2) is 35.8 Å². The van der Waals surface area contributed by atoms with Crippen LogP contribution in [0, 0.1) is 0 Å². The first kappa shape index (κ1) is 12.7. The molecule has 0 heterocycles. The van der Waals surface area contributed by atoms with E-state index in [4.69, 9.17) is 21.9 Å². The maximum Gasteiger partial charge on any atom is 0.268 e. The molecule has 0 saturated heterocycles. The first-order valence-corrected chi connectivity index (χ1v) is 4.96. The van der Waals surface area contributed by atoms with Gasteiger partial charge in [-0.1, -0.05) is 12.1 Å². The minimum atomic E-state index is -0.746. The maximum absolute atomic E-state index is 10.7. The number of hydrogen-bond donors (Lipinski definition) is 4. The van der Waals surface area contributed by atoms with Crippen molar-refractivity contribution in [3.8, 4) is 5.75 Å². The summed E-state index contributed by atoms with van der Waals surface area (Å²) in [6, 6.07) is 7.40. The van der Waals surface area contributed by atoms with E-state index < -0.39 is 5.91 Å². The Morgan fingerprint density at radius 2 is 1.82 bits per heavy atom. The normalized spacial score (nSPS) is 11.6. The average Bonchev–Trinajstić information content (AvgIpc) is 2.35. The molecule has 7 N–H and O–H groups in total. The van der Waals surface area contributed by atoms with Gasteiger partial charge in [0.05, 0.1) is 7.11 Å². The Balaban J connectivity index is 2.61. The molecule has 0 saturated carbocycles. The van der Waals surface area contributed by atoms with Gasteiger partial charge in [0.2, 0.25) is 0 Å². The van der Waals surface area contributed by atoms with Gasteiger partial charge in [0.15, 0.2) is 0 Å². The van der Waals surface area contributed by atoms with Crippen LogP contribution < -0.4 is 27.3 Å². The smallest absolute Gasteiger partial charge is 0.268 e. The van der Waals surface area contributed by atoms with Crippen molar-refractivity contribution in [1.29, 1.82) is 0 Å². The highest BCUT2D eigenvalue weighted by atomic mass is 16.5. The summed E-state index contributed by atoms with van der Waals surface area (Å²) in [6.07, 6.45) is 0. The Hall–Kier alpha value is -2.37. The summed E-state index contributed by atoms with van der Waals surface area (Å²) in [7, 11) is 1.60. The lowest BCUT2D eigenvalue weighted by molar-refractivity contribution is -0.114. The van der Waals surface area contributed by atoms with Crippen molar-refractivity contribution in [2.24, 2.45) is 17.2 Å². The zero-order valence-electron chi connectivity index (χ0n) is 9.57. The molecule has 17 heavy (non-hydrogen) atoms. The third-order valence-electron chi connectivity index (χ3n) is 2.20. The van der Waals surface area contributed by atoms with Crippen LogP contribution in [-0.4, -0.2) is 13.0 Å². The van der Waals surface area contributed by atoms with Gasteiger partial charge in [-0.15, -0.1) is 0 Å². The molecule has 0 spiro atoms. The molecular formula is C11H16N4O2. The Morgan fingerprint density at radius 1 is 1.24 bits per heavy atom. The Kier molecular flexibility index (Phi) is 4.21. The number of amides is 1. The van der Waals surface area contributed by atoms with Gasteiger partial charge in [-0.05, 0) is 17.7 Å². The van der Waals surface area contributed by atoms with Gasteiger partial charge < -0.3 is 27.3 Å². The molecule has 1 aromatic carbocycles. The van der Waals surface area contributed by atoms with Crippen LogP contribution in [0.4, 0.5) is 0 Å². The number of carbonyl (C=O) groups excluding carboxylic acids is 1. The molecule has 0 bridgehead atoms. The number of hydrogen-bond acceptors (Lipinski definition) is 5. The third-order valence-corrected chi connectivity index (χ3v) is 2.20. The molecule has 0 radical (unpaired) electrons. The molecule has 6 heteroatoms. The van der Waals surface area contributed by atoms with Crippen molar-refractivity contribution >= 4 is 5.91 Å². The van der Waals surface area contributed by atoms with E-state index in [1.807, 2.05) is 24.3 Å². The topological polar surface area (TPSA) is 116 Å². The molecule has 92 valence electrons. The molecule has 0 atom stereocenters. The Labute approximate surface area is 99.4 Å². The molecule has 1 rings (SSSR count). The van der Waals surface area contributed by atoms with Gasteiger partial charge in [0, 0.05) is 6.54 Å². The highest BCUT2D eigenvalue weighted by Gasteiger charge is 2.04. The van der Waals surface area contributed by atoms with E-state index in [0.717, 1.165) is 11.3 Å². The molecular weight excluding hydrogens is 220 g/mol. The summed E-state index contributed by atoms with van der Waals surface area (Å²) in [5, 5.41) is 2.81. The predicted molar refractivity (Wildman–Crippen MR) is 64.4 cm³/mol. The van der Waals surface area contributed by atoms with Gasteiger partial charge in [-0.3, -0.25) is 4.79 Å². The van der Waals surface area contributed by atoms with Crippen molar-refractivity contribution in [2.75, 3.05) is 7.11 Å².